The maximum Gasteiger partial charge on any atom is 0.419 e. The molecule has 0 aromatic heterocycles. The van der Waals surface area contributed by atoms with E-state index in [4.69, 9.17) is 9.47 Å². The maximum atomic E-state index is 14.0. The summed E-state index contributed by atoms with van der Waals surface area (Å²) in [4.78, 5) is 15.7. The summed E-state index contributed by atoms with van der Waals surface area (Å²) >= 11 is 0. The topological polar surface area (TPSA) is 62.6 Å². The first-order valence-corrected chi connectivity index (χ1v) is 14.8. The fourth-order valence-electron chi connectivity index (χ4n) is 6.90. The first-order valence-electron chi connectivity index (χ1n) is 14.8. The molecular weight excluding hydrogens is 556 g/mol. The van der Waals surface area contributed by atoms with Gasteiger partial charge in [0.05, 0.1) is 22.4 Å². The molecule has 1 heterocycles. The molecule has 2 aliphatic rings. The van der Waals surface area contributed by atoms with Crippen LogP contribution in [0.25, 0.3) is 11.1 Å². The number of ether oxygens (including phenoxy) is 2. The Labute approximate surface area is 261 Å². The number of hydrogen-bond donors (Lipinski definition) is 0. The molecule has 8 rings (SSSR count). The van der Waals surface area contributed by atoms with Gasteiger partial charge in [0.1, 0.15) is 24.2 Å². The summed E-state index contributed by atoms with van der Waals surface area (Å²) in [5, 5.41) is 9.69. The van der Waals surface area contributed by atoms with Crippen LogP contribution in [0, 0.1) is 11.3 Å². The molecule has 6 aromatic carbocycles. The largest absolute Gasteiger partial charge is 0.456 e. The number of anilines is 2. The average molecular weight is 583 g/mol. The smallest absolute Gasteiger partial charge is 0.419 e. The Bertz CT molecular complexity index is 2100. The third-order valence-electron chi connectivity index (χ3n) is 8.74. The lowest BCUT2D eigenvalue weighted by atomic mass is 9.65. The molecule has 1 spiro atoms. The summed E-state index contributed by atoms with van der Waals surface area (Å²) in [5.41, 5.74) is 8.53. The van der Waals surface area contributed by atoms with Gasteiger partial charge in [0.25, 0.3) is 0 Å². The van der Waals surface area contributed by atoms with Gasteiger partial charge in [-0.2, -0.15) is 5.26 Å². The van der Waals surface area contributed by atoms with Crippen molar-refractivity contribution in [2.24, 2.45) is 0 Å². The second-order valence-corrected chi connectivity index (χ2v) is 11.1. The van der Waals surface area contributed by atoms with Crippen LogP contribution in [0.15, 0.2) is 146 Å². The highest BCUT2D eigenvalue weighted by atomic mass is 16.6. The van der Waals surface area contributed by atoms with Gasteiger partial charge in [-0.3, -0.25) is 0 Å². The fraction of sp³-hybridized carbons (Fsp3) is 0.0500. The van der Waals surface area contributed by atoms with Crippen LogP contribution in [0.4, 0.5) is 16.2 Å². The molecule has 0 saturated carbocycles. The van der Waals surface area contributed by atoms with E-state index in [9.17, 15) is 10.1 Å². The number of benzene rings is 6. The predicted molar refractivity (Wildman–Crippen MR) is 174 cm³/mol. The van der Waals surface area contributed by atoms with Gasteiger partial charge in [0, 0.05) is 0 Å². The van der Waals surface area contributed by atoms with Crippen LogP contribution in [0.1, 0.15) is 33.4 Å². The fourth-order valence-corrected chi connectivity index (χ4v) is 6.90. The molecule has 0 atom stereocenters. The van der Waals surface area contributed by atoms with E-state index in [0.29, 0.717) is 17.1 Å². The van der Waals surface area contributed by atoms with E-state index in [1.165, 1.54) is 0 Å². The van der Waals surface area contributed by atoms with Crippen LogP contribution in [0.3, 0.4) is 0 Å². The van der Waals surface area contributed by atoms with E-state index in [0.717, 1.165) is 50.3 Å². The number of para-hydroxylation sites is 3. The first-order chi connectivity index (χ1) is 22.2. The minimum absolute atomic E-state index is 0.169. The molecule has 214 valence electrons. The van der Waals surface area contributed by atoms with E-state index in [-0.39, 0.29) is 6.61 Å². The summed E-state index contributed by atoms with van der Waals surface area (Å²) < 4.78 is 12.3. The van der Waals surface area contributed by atoms with E-state index >= 15 is 0 Å². The number of nitriles is 1. The summed E-state index contributed by atoms with van der Waals surface area (Å²) in [6.45, 7) is 0.169. The first kappa shape index (κ1) is 26.5. The van der Waals surface area contributed by atoms with Crippen molar-refractivity contribution in [1.82, 2.24) is 0 Å². The lowest BCUT2D eigenvalue weighted by Crippen LogP contribution is -2.40. The van der Waals surface area contributed by atoms with Crippen molar-refractivity contribution in [2.45, 2.75) is 12.0 Å². The number of amides is 1. The quantitative estimate of drug-likeness (QED) is 0.207. The summed E-state index contributed by atoms with van der Waals surface area (Å²) in [5.74, 6) is 1.13. The van der Waals surface area contributed by atoms with Crippen LogP contribution in [0.5, 0.6) is 11.5 Å². The Balaban J connectivity index is 1.33. The minimum Gasteiger partial charge on any atom is -0.456 e. The van der Waals surface area contributed by atoms with E-state index < -0.39 is 11.5 Å². The SMILES string of the molecule is N#Cc1ccccc1Oc1ccc2c(c1)C1(c3ccccc3-2)c2ccccc2N(C(=O)OCc2ccccc2)c2ccccc21. The molecule has 1 aliphatic carbocycles. The molecule has 0 bridgehead atoms. The Morgan fingerprint density at radius 1 is 0.644 bits per heavy atom. The lowest BCUT2D eigenvalue weighted by molar-refractivity contribution is 0.149. The lowest BCUT2D eigenvalue weighted by Gasteiger charge is -2.43. The van der Waals surface area contributed by atoms with Gasteiger partial charge in [0.15, 0.2) is 0 Å². The van der Waals surface area contributed by atoms with Gasteiger partial charge >= 0.3 is 6.09 Å². The van der Waals surface area contributed by atoms with Crippen molar-refractivity contribution >= 4 is 17.5 Å². The Hall–Kier alpha value is -6.12. The molecule has 0 radical (unpaired) electrons. The van der Waals surface area contributed by atoms with E-state index in [1.54, 1.807) is 17.0 Å². The van der Waals surface area contributed by atoms with Crippen LogP contribution in [-0.4, -0.2) is 6.09 Å². The van der Waals surface area contributed by atoms with Gasteiger partial charge in [-0.25, -0.2) is 9.69 Å². The normalized spacial score (nSPS) is 13.2. The standard InChI is InChI=1S/C40H26N2O3/c41-25-28-14-4-11-21-38(28)45-29-22-23-31-30-15-5-6-16-32(30)40(35(31)24-29)33-17-7-9-19-36(33)42(37-20-10-8-18-34(37)40)39(43)44-26-27-12-2-1-3-13-27/h1-24H,26H2. The van der Waals surface area contributed by atoms with Crippen LogP contribution in [0.2, 0.25) is 0 Å². The van der Waals surface area contributed by atoms with Crippen molar-refractivity contribution < 1.29 is 14.3 Å². The second kappa shape index (κ2) is 10.6. The molecule has 1 amide bonds. The number of carbonyl (C=O) groups is 1. The summed E-state index contributed by atoms with van der Waals surface area (Å²) in [6, 6.07) is 49.9. The van der Waals surface area contributed by atoms with Crippen molar-refractivity contribution in [3.05, 3.63) is 179 Å². The zero-order chi connectivity index (χ0) is 30.4. The van der Waals surface area contributed by atoms with Crippen molar-refractivity contribution in [2.75, 3.05) is 4.90 Å². The summed E-state index contributed by atoms with van der Waals surface area (Å²) in [6.07, 6.45) is -0.440. The van der Waals surface area contributed by atoms with E-state index in [2.05, 4.69) is 54.6 Å². The molecule has 0 saturated heterocycles. The predicted octanol–water partition coefficient (Wildman–Crippen LogP) is 9.50. The average Bonchev–Trinajstić information content (AvgIpc) is 3.38. The Morgan fingerprint density at radius 2 is 1.24 bits per heavy atom. The molecule has 1 aliphatic heterocycles. The molecule has 0 fully saturated rings. The number of nitrogens with zero attached hydrogens (tertiary/aromatic N) is 2. The third-order valence-corrected chi connectivity index (χ3v) is 8.74. The molecule has 6 aromatic rings. The highest BCUT2D eigenvalue weighted by Gasteiger charge is 2.52. The van der Waals surface area contributed by atoms with Gasteiger partial charge in [-0.1, -0.05) is 109 Å². The van der Waals surface area contributed by atoms with Gasteiger partial charge in [-0.05, 0) is 75.3 Å². The summed E-state index contributed by atoms with van der Waals surface area (Å²) in [7, 11) is 0. The molecule has 45 heavy (non-hydrogen) atoms. The van der Waals surface area contributed by atoms with Crippen molar-refractivity contribution in [3.63, 3.8) is 0 Å². The number of hydrogen-bond acceptors (Lipinski definition) is 4. The van der Waals surface area contributed by atoms with E-state index in [1.807, 2.05) is 84.9 Å². The van der Waals surface area contributed by atoms with Gasteiger partial charge in [0.2, 0.25) is 0 Å². The van der Waals surface area contributed by atoms with Crippen LogP contribution in [-0.2, 0) is 16.8 Å². The zero-order valence-corrected chi connectivity index (χ0v) is 24.2. The van der Waals surface area contributed by atoms with Gasteiger partial charge in [-0.15, -0.1) is 0 Å². The van der Waals surface area contributed by atoms with Crippen molar-refractivity contribution in [3.8, 4) is 28.7 Å². The number of fused-ring (bicyclic) bond motifs is 9. The van der Waals surface area contributed by atoms with Crippen molar-refractivity contribution in [1.29, 1.82) is 5.26 Å². The minimum atomic E-state index is -0.733. The molecule has 5 nitrogen and oxygen atoms in total. The monoisotopic (exact) mass is 582 g/mol. The highest BCUT2D eigenvalue weighted by Crippen LogP contribution is 2.62. The third kappa shape index (κ3) is 4.04. The van der Waals surface area contributed by atoms with Gasteiger partial charge < -0.3 is 9.47 Å². The number of rotatable bonds is 4. The molecule has 0 unspecified atom stereocenters. The molecular formula is C40H26N2O3. The maximum absolute atomic E-state index is 14.0. The second-order valence-electron chi connectivity index (χ2n) is 11.1. The van der Waals surface area contributed by atoms with Crippen LogP contribution < -0.4 is 9.64 Å². The Kier molecular flexibility index (Phi) is 6.21. The van der Waals surface area contributed by atoms with Crippen LogP contribution >= 0.6 is 0 Å². The molecule has 5 heteroatoms. The number of carbonyl (C=O) groups excluding carboxylic acids is 1. The molecule has 0 N–H and O–H groups in total. The highest BCUT2D eigenvalue weighted by molar-refractivity contribution is 6.03. The Morgan fingerprint density at radius 3 is 1.98 bits per heavy atom. The zero-order valence-electron chi connectivity index (χ0n) is 24.2.